The summed E-state index contributed by atoms with van der Waals surface area (Å²) in [6.45, 7) is 3.55. The summed E-state index contributed by atoms with van der Waals surface area (Å²) in [4.78, 5) is 2.25. The molecule has 0 saturated carbocycles. The molecule has 9 heteroatoms. The minimum Gasteiger partial charge on any atom is -0.495 e. The third-order valence-corrected chi connectivity index (χ3v) is 5.82. The molecule has 2 aromatic rings. The number of hydrogen-bond donors (Lipinski definition) is 1. The zero-order valence-corrected chi connectivity index (χ0v) is 15.0. The molecule has 3 rings (SSSR count). The van der Waals surface area contributed by atoms with E-state index in [1.54, 1.807) is 14.2 Å². The van der Waals surface area contributed by atoms with Crippen molar-refractivity contribution >= 4 is 21.4 Å². The van der Waals surface area contributed by atoms with Crippen LogP contribution in [0.25, 0.3) is 5.52 Å². The summed E-state index contributed by atoms with van der Waals surface area (Å²) >= 11 is 0. The van der Waals surface area contributed by atoms with Gasteiger partial charge in [0.05, 0.1) is 30.7 Å². The molecule has 0 amide bonds. The highest BCUT2D eigenvalue weighted by atomic mass is 32.2. The van der Waals surface area contributed by atoms with Gasteiger partial charge in [-0.1, -0.05) is 0 Å². The van der Waals surface area contributed by atoms with Gasteiger partial charge in [0.25, 0.3) is 10.2 Å². The van der Waals surface area contributed by atoms with Gasteiger partial charge in [0.2, 0.25) is 0 Å². The third-order valence-electron chi connectivity index (χ3n) is 4.71. The number of anilines is 1. The molecule has 0 aliphatic carbocycles. The zero-order chi connectivity index (χ0) is 17.5. The van der Waals surface area contributed by atoms with Crippen LogP contribution in [0.2, 0.25) is 0 Å². The smallest absolute Gasteiger partial charge is 0.276 e. The van der Waals surface area contributed by atoms with E-state index in [0.717, 1.165) is 48.4 Å². The minimum absolute atomic E-state index is 0.0562. The maximum Gasteiger partial charge on any atom is 0.276 e. The Hall–Kier alpha value is -1.84. The predicted molar refractivity (Wildman–Crippen MR) is 92.6 cm³/mol. The van der Waals surface area contributed by atoms with Crippen LogP contribution in [0, 0.1) is 6.92 Å². The summed E-state index contributed by atoms with van der Waals surface area (Å²) in [5.74, 6) is 0.767. The first-order chi connectivity index (χ1) is 11.3. The van der Waals surface area contributed by atoms with Gasteiger partial charge in [-0.05, 0) is 31.4 Å². The number of fused-ring (bicyclic) bond motifs is 1. The fraction of sp³-hybridized carbons (Fsp3) is 0.533. The molecule has 1 saturated heterocycles. The molecule has 2 N–H and O–H groups in total. The molecule has 1 fully saturated rings. The third kappa shape index (κ3) is 3.06. The van der Waals surface area contributed by atoms with E-state index in [4.69, 9.17) is 9.88 Å². The number of aryl methyl sites for hydroxylation is 1. The summed E-state index contributed by atoms with van der Waals surface area (Å²) in [6.07, 6.45) is 5.18. The number of methoxy groups -OCH3 is 1. The van der Waals surface area contributed by atoms with Crippen LogP contribution in [0.15, 0.2) is 18.5 Å². The van der Waals surface area contributed by atoms with Gasteiger partial charge in [-0.15, -0.1) is 0 Å². The molecule has 3 heterocycles. The van der Waals surface area contributed by atoms with Crippen LogP contribution in [0.5, 0.6) is 5.75 Å². The maximum absolute atomic E-state index is 11.5. The lowest BCUT2D eigenvalue weighted by Crippen LogP contribution is -2.47. The summed E-state index contributed by atoms with van der Waals surface area (Å²) in [6, 6.07) is 1.93. The topological polar surface area (TPSA) is 93.2 Å². The maximum atomic E-state index is 11.5. The van der Waals surface area contributed by atoms with E-state index in [1.165, 1.54) is 4.31 Å². The largest absolute Gasteiger partial charge is 0.495 e. The van der Waals surface area contributed by atoms with Crippen LogP contribution < -0.4 is 14.8 Å². The van der Waals surface area contributed by atoms with Crippen LogP contribution in [0.4, 0.5) is 5.69 Å². The van der Waals surface area contributed by atoms with Crippen molar-refractivity contribution in [2.24, 2.45) is 5.14 Å². The molecule has 0 bridgehead atoms. The molecule has 2 aromatic heterocycles. The van der Waals surface area contributed by atoms with Crippen LogP contribution in [0.3, 0.4) is 0 Å². The van der Waals surface area contributed by atoms with E-state index in [9.17, 15) is 8.42 Å². The molecule has 0 radical (unpaired) electrons. The van der Waals surface area contributed by atoms with Crippen molar-refractivity contribution in [2.75, 3.05) is 32.1 Å². The fourth-order valence-electron chi connectivity index (χ4n) is 3.29. The van der Waals surface area contributed by atoms with E-state index in [2.05, 4.69) is 10.00 Å². The molecular weight excluding hydrogens is 330 g/mol. The number of nitrogens with two attached hydrogens (primary N) is 1. The average molecular weight is 353 g/mol. The highest BCUT2D eigenvalue weighted by Gasteiger charge is 2.28. The molecule has 132 valence electrons. The van der Waals surface area contributed by atoms with Gasteiger partial charge in [-0.2, -0.15) is 17.8 Å². The Kier molecular flexibility index (Phi) is 4.41. The number of ether oxygens (including phenoxy) is 1. The lowest BCUT2D eigenvalue weighted by molar-refractivity contribution is 0.312. The van der Waals surface area contributed by atoms with E-state index in [1.807, 2.05) is 29.9 Å². The lowest BCUT2D eigenvalue weighted by Gasteiger charge is -2.36. The Morgan fingerprint density at radius 3 is 2.62 bits per heavy atom. The normalized spacial score (nSPS) is 17.0. The Balaban J connectivity index is 1.81. The monoisotopic (exact) mass is 353 g/mol. The second-order valence-corrected chi connectivity index (χ2v) is 7.77. The second-order valence-electron chi connectivity index (χ2n) is 6.17. The number of piperidine rings is 1. The molecule has 24 heavy (non-hydrogen) atoms. The molecule has 0 aromatic carbocycles. The molecule has 0 unspecified atom stereocenters. The van der Waals surface area contributed by atoms with E-state index >= 15 is 0 Å². The number of aromatic nitrogens is 2. The van der Waals surface area contributed by atoms with Crippen LogP contribution >= 0.6 is 0 Å². The Bertz CT molecular complexity index is 840. The predicted octanol–water partition coefficient (Wildman–Crippen LogP) is 0.755. The van der Waals surface area contributed by atoms with E-state index < -0.39 is 10.2 Å². The van der Waals surface area contributed by atoms with Gasteiger partial charge in [0, 0.05) is 26.2 Å². The fourth-order valence-corrected chi connectivity index (χ4v) is 3.92. The Morgan fingerprint density at radius 1 is 1.38 bits per heavy atom. The zero-order valence-electron chi connectivity index (χ0n) is 14.1. The summed E-state index contributed by atoms with van der Waals surface area (Å²) < 4.78 is 31.4. The van der Waals surface area contributed by atoms with Crippen LogP contribution in [0.1, 0.15) is 18.4 Å². The lowest BCUT2D eigenvalue weighted by atomic mass is 10.0. The highest BCUT2D eigenvalue weighted by molar-refractivity contribution is 7.86. The Labute approximate surface area is 142 Å². The molecule has 8 nitrogen and oxygen atoms in total. The van der Waals surface area contributed by atoms with Gasteiger partial charge in [0.15, 0.2) is 0 Å². The SMILES string of the molecule is COc1cc(C)c2c(N3CCC(N(C)S(N)(=O)=O)CC3)cnn2c1. The van der Waals surface area contributed by atoms with Gasteiger partial charge in [-0.25, -0.2) is 9.65 Å². The van der Waals surface area contributed by atoms with Crippen molar-refractivity contribution in [2.45, 2.75) is 25.8 Å². The summed E-state index contributed by atoms with van der Waals surface area (Å²) in [5, 5.41) is 9.65. The first-order valence-corrected chi connectivity index (χ1v) is 9.34. The van der Waals surface area contributed by atoms with Crippen LogP contribution in [-0.2, 0) is 10.2 Å². The van der Waals surface area contributed by atoms with Crippen molar-refractivity contribution in [3.8, 4) is 5.75 Å². The summed E-state index contributed by atoms with van der Waals surface area (Å²) in [7, 11) is -0.459. The molecular formula is C15H23N5O3S. The van der Waals surface area contributed by atoms with Gasteiger partial charge < -0.3 is 9.64 Å². The quantitative estimate of drug-likeness (QED) is 0.876. The van der Waals surface area contributed by atoms with E-state index in [0.29, 0.717) is 0 Å². The van der Waals surface area contributed by atoms with Crippen molar-refractivity contribution in [1.82, 2.24) is 13.9 Å². The van der Waals surface area contributed by atoms with Gasteiger partial charge in [-0.3, -0.25) is 0 Å². The minimum atomic E-state index is -3.64. The van der Waals surface area contributed by atoms with E-state index in [-0.39, 0.29) is 6.04 Å². The average Bonchev–Trinajstić information content (AvgIpc) is 2.98. The van der Waals surface area contributed by atoms with Crippen molar-refractivity contribution < 1.29 is 13.2 Å². The molecule has 0 spiro atoms. The molecule has 0 atom stereocenters. The second kappa shape index (κ2) is 6.23. The number of nitrogens with zero attached hydrogens (tertiary/aromatic N) is 4. The van der Waals surface area contributed by atoms with Gasteiger partial charge >= 0.3 is 0 Å². The first-order valence-electron chi connectivity index (χ1n) is 7.84. The summed E-state index contributed by atoms with van der Waals surface area (Å²) in [5.41, 5.74) is 3.20. The van der Waals surface area contributed by atoms with Crippen molar-refractivity contribution in [3.63, 3.8) is 0 Å². The number of pyridine rings is 1. The Morgan fingerprint density at radius 2 is 2.04 bits per heavy atom. The van der Waals surface area contributed by atoms with Crippen molar-refractivity contribution in [3.05, 3.63) is 24.0 Å². The standard InChI is InChI=1S/C15H23N5O3S/c1-11-8-13(23-3)10-20-15(11)14(9-17-20)19-6-4-12(5-7-19)18(2)24(16,21)22/h8-10,12H,4-7H2,1-3H3,(H2,16,21,22). The van der Waals surface area contributed by atoms with Gasteiger partial charge in [0.1, 0.15) is 5.75 Å². The number of hydrogen-bond acceptors (Lipinski definition) is 5. The number of rotatable bonds is 4. The van der Waals surface area contributed by atoms with Crippen molar-refractivity contribution in [1.29, 1.82) is 0 Å². The highest BCUT2D eigenvalue weighted by Crippen LogP contribution is 2.30. The molecule has 1 aliphatic rings. The molecule has 1 aliphatic heterocycles. The first kappa shape index (κ1) is 17.0. The van der Waals surface area contributed by atoms with Crippen LogP contribution in [-0.4, -0.2) is 55.6 Å².